The number of para-hydroxylation sites is 4. The van der Waals surface area contributed by atoms with Crippen molar-refractivity contribution in [1.82, 2.24) is 9.13 Å². The van der Waals surface area contributed by atoms with E-state index in [-0.39, 0.29) is 0 Å². The summed E-state index contributed by atoms with van der Waals surface area (Å²) in [5.41, 5.74) is 14.2. The van der Waals surface area contributed by atoms with Crippen molar-refractivity contribution < 1.29 is 0 Å². The SMILES string of the molecule is Cc1ccc(N(c2ccccc2)c2ccc(-c3cc4ccc5cc(-n6c7ccccc7c7ccccc76)cc6c5c4c(c3)n6-c3ccccc3)cc2)cc1. The van der Waals surface area contributed by atoms with Crippen molar-refractivity contribution in [3.63, 3.8) is 0 Å². The van der Waals surface area contributed by atoms with Gasteiger partial charge in [0.1, 0.15) is 0 Å². The molecule has 254 valence electrons. The second-order valence-corrected chi connectivity index (χ2v) is 14.3. The predicted octanol–water partition coefficient (Wildman–Crippen LogP) is 13.9. The van der Waals surface area contributed by atoms with Crippen molar-refractivity contribution in [2.45, 2.75) is 6.92 Å². The highest BCUT2D eigenvalue weighted by Crippen LogP contribution is 2.44. The minimum absolute atomic E-state index is 1.12. The number of aryl methyl sites for hydroxylation is 1. The second-order valence-electron chi connectivity index (χ2n) is 14.3. The van der Waals surface area contributed by atoms with Crippen molar-refractivity contribution >= 4 is 71.4 Å². The summed E-state index contributed by atoms with van der Waals surface area (Å²) < 4.78 is 4.90. The average molecular weight is 690 g/mol. The quantitative estimate of drug-likeness (QED) is 0.158. The second kappa shape index (κ2) is 12.0. The van der Waals surface area contributed by atoms with Gasteiger partial charge in [0.25, 0.3) is 0 Å². The van der Waals surface area contributed by atoms with Gasteiger partial charge in [-0.2, -0.15) is 0 Å². The Bertz CT molecular complexity index is 3080. The van der Waals surface area contributed by atoms with Crippen molar-refractivity contribution in [1.29, 1.82) is 0 Å². The summed E-state index contributed by atoms with van der Waals surface area (Å²) in [5, 5.41) is 7.62. The van der Waals surface area contributed by atoms with Gasteiger partial charge in [-0.25, -0.2) is 0 Å². The first kappa shape index (κ1) is 30.5. The van der Waals surface area contributed by atoms with E-state index in [2.05, 4.69) is 215 Å². The summed E-state index contributed by atoms with van der Waals surface area (Å²) in [4.78, 5) is 2.32. The molecule has 0 N–H and O–H groups in total. The maximum Gasteiger partial charge on any atom is 0.0568 e. The Morgan fingerprint density at radius 3 is 1.50 bits per heavy atom. The summed E-state index contributed by atoms with van der Waals surface area (Å²) in [6.07, 6.45) is 0. The third-order valence-corrected chi connectivity index (χ3v) is 11.1. The average Bonchev–Trinajstić information content (AvgIpc) is 3.75. The summed E-state index contributed by atoms with van der Waals surface area (Å²) in [7, 11) is 0. The van der Waals surface area contributed by atoms with Gasteiger partial charge in [0.15, 0.2) is 0 Å². The first-order chi connectivity index (χ1) is 26.7. The molecule has 2 aromatic heterocycles. The fourth-order valence-corrected chi connectivity index (χ4v) is 8.62. The molecule has 0 aliphatic heterocycles. The number of nitrogens with zero attached hydrogens (tertiary/aromatic N) is 3. The van der Waals surface area contributed by atoms with Gasteiger partial charge in [0.05, 0.1) is 22.1 Å². The molecule has 3 heteroatoms. The van der Waals surface area contributed by atoms with Gasteiger partial charge in [0.2, 0.25) is 0 Å². The lowest BCUT2D eigenvalue weighted by Gasteiger charge is -2.25. The zero-order valence-electron chi connectivity index (χ0n) is 29.8. The van der Waals surface area contributed by atoms with Gasteiger partial charge < -0.3 is 14.0 Å². The zero-order valence-corrected chi connectivity index (χ0v) is 29.8. The van der Waals surface area contributed by atoms with Crippen LogP contribution in [0.3, 0.4) is 0 Å². The normalized spacial score (nSPS) is 11.8. The molecule has 0 fully saturated rings. The van der Waals surface area contributed by atoms with E-state index in [0.717, 1.165) is 28.4 Å². The summed E-state index contributed by atoms with van der Waals surface area (Å²) in [6, 6.07) is 70.8. The van der Waals surface area contributed by atoms with E-state index >= 15 is 0 Å². The highest BCUT2D eigenvalue weighted by atomic mass is 15.1. The van der Waals surface area contributed by atoms with Crippen LogP contribution in [0, 0.1) is 6.92 Å². The molecule has 0 bridgehead atoms. The van der Waals surface area contributed by atoms with Crippen molar-refractivity contribution in [3.05, 3.63) is 200 Å². The Labute approximate surface area is 313 Å². The molecule has 0 radical (unpaired) electrons. The van der Waals surface area contributed by atoms with E-state index in [9.17, 15) is 0 Å². The molecule has 0 spiro atoms. The minimum atomic E-state index is 1.12. The van der Waals surface area contributed by atoms with Gasteiger partial charge in [-0.3, -0.25) is 0 Å². The van der Waals surface area contributed by atoms with Crippen LogP contribution in [-0.2, 0) is 0 Å². The molecule has 0 atom stereocenters. The topological polar surface area (TPSA) is 13.1 Å². The van der Waals surface area contributed by atoms with Gasteiger partial charge >= 0.3 is 0 Å². The maximum atomic E-state index is 2.47. The molecule has 2 heterocycles. The lowest BCUT2D eigenvalue weighted by molar-refractivity contribution is 1.16. The number of anilines is 3. The van der Waals surface area contributed by atoms with Gasteiger partial charge in [0, 0.05) is 50.0 Å². The monoisotopic (exact) mass is 689 g/mol. The smallest absolute Gasteiger partial charge is 0.0568 e. The molecule has 0 aliphatic carbocycles. The van der Waals surface area contributed by atoms with Crippen LogP contribution in [0.15, 0.2) is 194 Å². The van der Waals surface area contributed by atoms with E-state index in [1.165, 1.54) is 71.1 Å². The van der Waals surface area contributed by atoms with Crippen LogP contribution in [0.4, 0.5) is 17.1 Å². The van der Waals surface area contributed by atoms with Gasteiger partial charge in [-0.05, 0) is 114 Å². The Morgan fingerprint density at radius 1 is 0.352 bits per heavy atom. The Balaban J connectivity index is 1.11. The molecule has 0 saturated heterocycles. The molecule has 54 heavy (non-hydrogen) atoms. The molecule has 0 amide bonds. The molecule has 11 rings (SSSR count). The van der Waals surface area contributed by atoms with Crippen molar-refractivity contribution in [2.24, 2.45) is 0 Å². The molecular formula is C51H35N3. The largest absolute Gasteiger partial charge is 0.311 e. The molecular weight excluding hydrogens is 655 g/mol. The molecule has 3 nitrogen and oxygen atoms in total. The summed E-state index contributed by atoms with van der Waals surface area (Å²) >= 11 is 0. The lowest BCUT2D eigenvalue weighted by atomic mass is 9.97. The highest BCUT2D eigenvalue weighted by Gasteiger charge is 2.21. The van der Waals surface area contributed by atoms with E-state index in [1.54, 1.807) is 0 Å². The molecule has 0 saturated carbocycles. The maximum absolute atomic E-state index is 2.47. The third kappa shape index (κ3) is 4.69. The van der Waals surface area contributed by atoms with E-state index in [4.69, 9.17) is 0 Å². The predicted molar refractivity (Wildman–Crippen MR) is 229 cm³/mol. The third-order valence-electron chi connectivity index (χ3n) is 11.1. The fraction of sp³-hybridized carbons (Fsp3) is 0.0196. The van der Waals surface area contributed by atoms with E-state index < -0.39 is 0 Å². The van der Waals surface area contributed by atoms with Crippen LogP contribution in [0.5, 0.6) is 0 Å². The molecule has 0 unspecified atom stereocenters. The number of aromatic nitrogens is 2. The number of benzene rings is 9. The minimum Gasteiger partial charge on any atom is -0.311 e. The molecule has 11 aromatic rings. The van der Waals surface area contributed by atoms with E-state index in [1.807, 2.05) is 0 Å². The van der Waals surface area contributed by atoms with Crippen LogP contribution >= 0.6 is 0 Å². The number of hydrogen-bond acceptors (Lipinski definition) is 1. The van der Waals surface area contributed by atoms with Crippen LogP contribution in [0.2, 0.25) is 0 Å². The van der Waals surface area contributed by atoms with Crippen LogP contribution in [0.25, 0.3) is 76.9 Å². The first-order valence-electron chi connectivity index (χ1n) is 18.6. The standard InChI is InChI=1S/C51H35N3/c1-34-20-26-41(27-21-34)52(39-12-4-2-5-13-39)42-28-24-35(25-29-42)38-30-36-22-23-37-31-43(54-46-18-10-8-16-44(46)45-17-9-11-19-47(45)54)33-49-51(37)50(36)48(32-38)53(49)40-14-6-3-7-15-40/h2-33H,1H3. The first-order valence-corrected chi connectivity index (χ1v) is 18.6. The Hall–Kier alpha value is -7.10. The summed E-state index contributed by atoms with van der Waals surface area (Å²) in [6.45, 7) is 2.13. The Kier molecular flexibility index (Phi) is 6.77. The van der Waals surface area contributed by atoms with E-state index in [0.29, 0.717) is 0 Å². The van der Waals surface area contributed by atoms with Crippen molar-refractivity contribution in [3.8, 4) is 22.5 Å². The molecule has 0 aliphatic rings. The molecule has 9 aromatic carbocycles. The lowest BCUT2D eigenvalue weighted by Crippen LogP contribution is -2.09. The Morgan fingerprint density at radius 2 is 0.852 bits per heavy atom. The number of rotatable bonds is 6. The fourth-order valence-electron chi connectivity index (χ4n) is 8.62. The van der Waals surface area contributed by atoms with Gasteiger partial charge in [-0.15, -0.1) is 0 Å². The van der Waals surface area contributed by atoms with Crippen LogP contribution in [-0.4, -0.2) is 9.13 Å². The van der Waals surface area contributed by atoms with Crippen LogP contribution in [0.1, 0.15) is 5.56 Å². The highest BCUT2D eigenvalue weighted by molar-refractivity contribution is 6.25. The number of hydrogen-bond donors (Lipinski definition) is 0. The van der Waals surface area contributed by atoms with Crippen molar-refractivity contribution in [2.75, 3.05) is 4.90 Å². The van der Waals surface area contributed by atoms with Gasteiger partial charge in [-0.1, -0.05) is 115 Å². The summed E-state index contributed by atoms with van der Waals surface area (Å²) in [5.74, 6) is 0. The number of fused-ring (bicyclic) bond motifs is 3. The zero-order chi connectivity index (χ0) is 35.8. The van der Waals surface area contributed by atoms with Crippen LogP contribution < -0.4 is 4.90 Å².